The fraction of sp³-hybridized carbons (Fsp3) is 0.0857. The Labute approximate surface area is 260 Å². The number of carbonyl (C=O) groups is 2. The lowest BCUT2D eigenvalue weighted by atomic mass is 10.0. The number of ether oxygens (including phenoxy) is 3. The van der Waals surface area contributed by atoms with Crippen LogP contribution in [0.4, 0.5) is 0 Å². The summed E-state index contributed by atoms with van der Waals surface area (Å²) in [6.07, 6.45) is 0. The van der Waals surface area contributed by atoms with E-state index in [0.29, 0.717) is 50.4 Å². The van der Waals surface area contributed by atoms with Crippen LogP contribution in [0.3, 0.4) is 0 Å². The van der Waals surface area contributed by atoms with Crippen LogP contribution < -0.4 is 14.2 Å². The highest BCUT2D eigenvalue weighted by molar-refractivity contribution is 6.31. The molecule has 0 aromatic heterocycles. The lowest BCUT2D eigenvalue weighted by Crippen LogP contribution is -2.03. The topological polar surface area (TPSA) is 82.1 Å². The van der Waals surface area contributed by atoms with E-state index in [2.05, 4.69) is 0 Å². The zero-order valence-corrected chi connectivity index (χ0v) is 24.9. The molecule has 5 rings (SSSR count). The second-order valence-corrected chi connectivity index (χ2v) is 10.1. The van der Waals surface area contributed by atoms with Crippen molar-refractivity contribution >= 4 is 34.8 Å². The van der Waals surface area contributed by atoms with Gasteiger partial charge in [0.2, 0.25) is 0 Å². The Morgan fingerprint density at radius 2 is 1.09 bits per heavy atom. The number of phenols is 1. The molecule has 0 atom stereocenters. The Morgan fingerprint density at radius 3 is 1.63 bits per heavy atom. The highest BCUT2D eigenvalue weighted by atomic mass is 35.5. The van der Waals surface area contributed by atoms with Gasteiger partial charge in [0.25, 0.3) is 0 Å². The average molecular weight is 616 g/mol. The first-order chi connectivity index (χ1) is 20.8. The summed E-state index contributed by atoms with van der Waals surface area (Å²) in [7, 11) is 2.99. The van der Waals surface area contributed by atoms with Crippen LogP contribution in [0.1, 0.15) is 37.4 Å². The van der Waals surface area contributed by atoms with Crippen LogP contribution in [0.5, 0.6) is 23.0 Å². The molecule has 1 N–H and O–H groups in total. The normalized spacial score (nSPS) is 10.2. The minimum Gasteiger partial charge on any atom is -0.504 e. The molecule has 5 aromatic rings. The molecule has 0 aliphatic heterocycles. The molecule has 0 heterocycles. The highest BCUT2D eigenvalue weighted by Gasteiger charge is 2.14. The third-order valence-electron chi connectivity index (χ3n) is 6.28. The summed E-state index contributed by atoms with van der Waals surface area (Å²) >= 11 is 11.8. The molecule has 0 amide bonds. The second-order valence-electron chi connectivity index (χ2n) is 9.21. The molecule has 6 nitrogen and oxygen atoms in total. The first-order valence-corrected chi connectivity index (χ1v) is 13.9. The lowest BCUT2D eigenvalue weighted by Gasteiger charge is -2.12. The number of benzene rings is 5. The van der Waals surface area contributed by atoms with Crippen LogP contribution in [0.15, 0.2) is 115 Å². The van der Waals surface area contributed by atoms with Gasteiger partial charge in [0.1, 0.15) is 6.61 Å². The third kappa shape index (κ3) is 8.38. The van der Waals surface area contributed by atoms with E-state index in [0.717, 1.165) is 5.56 Å². The van der Waals surface area contributed by atoms with E-state index in [4.69, 9.17) is 37.4 Å². The SMILES string of the molecule is COc1cc(C(=O)c2cccc(Cl)c2)ccc1O.COc1cc(C(=O)c2cccc(Cl)c2)ccc1OCc1ccccc1. The van der Waals surface area contributed by atoms with Crippen molar-refractivity contribution in [2.24, 2.45) is 0 Å². The standard InChI is InChI=1S/C21H17ClO3.C14H11ClO3/c1-24-20-13-17(21(23)16-8-5-9-18(22)12-16)10-11-19(20)25-14-15-6-3-2-4-7-15;1-18-13-8-10(5-6-12(13)16)14(17)9-3-2-4-11(15)7-9/h2-13H,14H2,1H3;2-8,16H,1H3. The smallest absolute Gasteiger partial charge is 0.193 e. The Balaban J connectivity index is 0.000000208. The molecule has 0 saturated carbocycles. The van der Waals surface area contributed by atoms with E-state index in [1.165, 1.54) is 19.2 Å². The predicted octanol–water partition coefficient (Wildman–Crippen LogP) is 8.44. The molecule has 8 heteroatoms. The molecule has 0 unspecified atom stereocenters. The molecule has 0 aliphatic carbocycles. The molecular formula is C35H28Cl2O6. The molecule has 43 heavy (non-hydrogen) atoms. The maximum atomic E-state index is 12.6. The minimum atomic E-state index is -0.171. The summed E-state index contributed by atoms with van der Waals surface area (Å²) in [6, 6.07) is 33.1. The number of halogens is 2. The quantitative estimate of drug-likeness (QED) is 0.168. The van der Waals surface area contributed by atoms with E-state index in [1.807, 2.05) is 30.3 Å². The molecule has 0 bridgehead atoms. The van der Waals surface area contributed by atoms with Crippen LogP contribution in [0.25, 0.3) is 0 Å². The van der Waals surface area contributed by atoms with Crippen molar-refractivity contribution in [1.82, 2.24) is 0 Å². The van der Waals surface area contributed by atoms with Gasteiger partial charge in [-0.1, -0.05) is 77.8 Å². The minimum absolute atomic E-state index is 0.000133. The summed E-state index contributed by atoms with van der Waals surface area (Å²) in [6.45, 7) is 0.429. The Kier molecular flexibility index (Phi) is 10.8. The van der Waals surface area contributed by atoms with Crippen LogP contribution in [0, 0.1) is 0 Å². The van der Waals surface area contributed by atoms with Crippen LogP contribution in [-0.4, -0.2) is 30.9 Å². The molecule has 0 aliphatic rings. The molecule has 218 valence electrons. The number of rotatable bonds is 9. The first kappa shape index (κ1) is 31.2. The summed E-state index contributed by atoms with van der Waals surface area (Å²) in [5.41, 5.74) is 3.05. The number of hydrogen-bond donors (Lipinski definition) is 1. The number of carbonyl (C=O) groups excluding carboxylic acids is 2. The van der Waals surface area contributed by atoms with E-state index in [9.17, 15) is 14.7 Å². The average Bonchev–Trinajstić information content (AvgIpc) is 3.04. The monoisotopic (exact) mass is 614 g/mol. The second kappa shape index (κ2) is 14.9. The fourth-order valence-electron chi connectivity index (χ4n) is 4.08. The summed E-state index contributed by atoms with van der Waals surface area (Å²) in [5, 5.41) is 10.5. The lowest BCUT2D eigenvalue weighted by molar-refractivity contribution is 0.103. The number of phenolic OH excluding ortho intramolecular Hbond substituents is 1. The summed E-state index contributed by atoms with van der Waals surface area (Å²) in [4.78, 5) is 24.8. The van der Waals surface area contributed by atoms with Crippen molar-refractivity contribution in [1.29, 1.82) is 0 Å². The number of methoxy groups -OCH3 is 2. The molecule has 0 saturated heterocycles. The largest absolute Gasteiger partial charge is 0.504 e. The maximum absolute atomic E-state index is 12.6. The Hall–Kier alpha value is -4.78. The summed E-state index contributed by atoms with van der Waals surface area (Å²) in [5.74, 6) is 1.09. The molecular weight excluding hydrogens is 587 g/mol. The fourth-order valence-corrected chi connectivity index (χ4v) is 4.46. The van der Waals surface area contributed by atoms with Gasteiger partial charge < -0.3 is 19.3 Å². The predicted molar refractivity (Wildman–Crippen MR) is 168 cm³/mol. The Morgan fingerprint density at radius 1 is 0.581 bits per heavy atom. The van der Waals surface area contributed by atoms with Gasteiger partial charge in [-0.05, 0) is 66.2 Å². The first-order valence-electron chi connectivity index (χ1n) is 13.1. The zero-order chi connectivity index (χ0) is 30.8. The van der Waals surface area contributed by atoms with Crippen molar-refractivity contribution in [3.05, 3.63) is 153 Å². The summed E-state index contributed by atoms with van der Waals surface area (Å²) < 4.78 is 16.2. The molecule has 0 fully saturated rings. The highest BCUT2D eigenvalue weighted by Crippen LogP contribution is 2.30. The Bertz CT molecular complexity index is 1720. The van der Waals surface area contributed by atoms with Gasteiger partial charge in [0.15, 0.2) is 34.6 Å². The van der Waals surface area contributed by atoms with E-state index >= 15 is 0 Å². The third-order valence-corrected chi connectivity index (χ3v) is 6.75. The van der Waals surface area contributed by atoms with Gasteiger partial charge in [0, 0.05) is 32.3 Å². The van der Waals surface area contributed by atoms with E-state index < -0.39 is 0 Å². The zero-order valence-electron chi connectivity index (χ0n) is 23.4. The van der Waals surface area contributed by atoms with Gasteiger partial charge in [-0.2, -0.15) is 0 Å². The van der Waals surface area contributed by atoms with Crippen molar-refractivity contribution in [2.45, 2.75) is 6.61 Å². The maximum Gasteiger partial charge on any atom is 0.193 e. The molecule has 0 radical (unpaired) electrons. The van der Waals surface area contributed by atoms with Gasteiger partial charge in [0.05, 0.1) is 14.2 Å². The van der Waals surface area contributed by atoms with Gasteiger partial charge in [-0.3, -0.25) is 9.59 Å². The van der Waals surface area contributed by atoms with Crippen molar-refractivity contribution < 1.29 is 28.9 Å². The van der Waals surface area contributed by atoms with Crippen LogP contribution >= 0.6 is 23.2 Å². The van der Waals surface area contributed by atoms with Gasteiger partial charge in [-0.15, -0.1) is 0 Å². The van der Waals surface area contributed by atoms with Crippen molar-refractivity contribution in [3.63, 3.8) is 0 Å². The number of aromatic hydroxyl groups is 1. The molecule has 0 spiro atoms. The molecule has 5 aromatic carbocycles. The van der Waals surface area contributed by atoms with Crippen molar-refractivity contribution in [3.8, 4) is 23.0 Å². The van der Waals surface area contributed by atoms with E-state index in [1.54, 1.807) is 79.9 Å². The van der Waals surface area contributed by atoms with Gasteiger partial charge >= 0.3 is 0 Å². The van der Waals surface area contributed by atoms with Crippen LogP contribution in [-0.2, 0) is 6.61 Å². The number of ketones is 2. The van der Waals surface area contributed by atoms with Crippen LogP contribution in [0.2, 0.25) is 10.0 Å². The van der Waals surface area contributed by atoms with E-state index in [-0.39, 0.29) is 23.1 Å². The number of hydrogen-bond acceptors (Lipinski definition) is 6. The van der Waals surface area contributed by atoms with Crippen molar-refractivity contribution in [2.75, 3.05) is 14.2 Å². The van der Waals surface area contributed by atoms with Gasteiger partial charge in [-0.25, -0.2) is 0 Å².